The number of sulfone groups is 1. The molecule has 0 bridgehead atoms. The molecule has 3 N–H and O–H groups in total. The maximum Gasteiger partial charge on any atom is 0.222 e. The van der Waals surface area contributed by atoms with Crippen molar-refractivity contribution in [3.8, 4) is 0 Å². The predicted octanol–water partition coefficient (Wildman–Crippen LogP) is 0.710. The molecule has 9 heteroatoms. The summed E-state index contributed by atoms with van der Waals surface area (Å²) in [6.07, 6.45) is 0.780. The largest absolute Gasteiger partial charge is 0.356 e. The topological polar surface area (TPSA) is 99.7 Å². The lowest BCUT2D eigenvalue weighted by molar-refractivity contribution is -0.121. The van der Waals surface area contributed by atoms with Crippen LogP contribution in [0.1, 0.15) is 31.2 Å². The standard InChI is InChI=1S/C16H26N4O3S2/c1-12(13-4-7-24-10-13)9-19-16(17-2)18-6-3-15(21)20-14-5-8-25(22,23)11-14/h4,7,10,12,14H,3,5-6,8-9,11H2,1-2H3,(H,20,21)(H2,17,18,19). The Labute approximate surface area is 153 Å². The molecule has 2 unspecified atom stereocenters. The van der Waals surface area contributed by atoms with Crippen LogP contribution in [0.2, 0.25) is 0 Å². The number of thiophene rings is 1. The molecule has 1 fully saturated rings. The van der Waals surface area contributed by atoms with E-state index in [4.69, 9.17) is 0 Å². The number of rotatable bonds is 7. The quantitative estimate of drug-likeness (QED) is 0.473. The van der Waals surface area contributed by atoms with Gasteiger partial charge in [0.05, 0.1) is 11.5 Å². The summed E-state index contributed by atoms with van der Waals surface area (Å²) in [5.41, 5.74) is 1.29. The summed E-state index contributed by atoms with van der Waals surface area (Å²) in [7, 11) is -1.28. The Morgan fingerprint density at radius 3 is 2.84 bits per heavy atom. The molecule has 1 amide bonds. The lowest BCUT2D eigenvalue weighted by Crippen LogP contribution is -2.42. The van der Waals surface area contributed by atoms with Crippen LogP contribution in [0.5, 0.6) is 0 Å². The maximum atomic E-state index is 11.9. The molecule has 1 aliphatic rings. The van der Waals surface area contributed by atoms with Gasteiger partial charge in [0.25, 0.3) is 0 Å². The van der Waals surface area contributed by atoms with E-state index in [1.807, 2.05) is 0 Å². The Bertz CT molecular complexity index is 686. The number of amides is 1. The fourth-order valence-corrected chi connectivity index (χ4v) is 5.10. The lowest BCUT2D eigenvalue weighted by atomic mass is 10.1. The van der Waals surface area contributed by atoms with Gasteiger partial charge >= 0.3 is 0 Å². The highest BCUT2D eigenvalue weighted by Crippen LogP contribution is 2.16. The molecule has 0 radical (unpaired) electrons. The zero-order valence-electron chi connectivity index (χ0n) is 14.6. The summed E-state index contributed by atoms with van der Waals surface area (Å²) >= 11 is 1.68. The van der Waals surface area contributed by atoms with Crippen molar-refractivity contribution in [2.24, 2.45) is 4.99 Å². The van der Waals surface area contributed by atoms with Gasteiger partial charge in [0.2, 0.25) is 5.91 Å². The Balaban J connectivity index is 1.64. The van der Waals surface area contributed by atoms with Crippen LogP contribution in [0.4, 0.5) is 0 Å². The first-order chi connectivity index (χ1) is 11.9. The minimum Gasteiger partial charge on any atom is -0.356 e. The Kier molecular flexibility index (Phi) is 7.24. The first kappa shape index (κ1) is 19.7. The second-order valence-electron chi connectivity index (χ2n) is 6.26. The fourth-order valence-electron chi connectivity index (χ4n) is 2.65. The molecule has 7 nitrogen and oxygen atoms in total. The zero-order chi connectivity index (χ0) is 18.3. The molecule has 2 heterocycles. The van der Waals surface area contributed by atoms with Crippen LogP contribution in [0.15, 0.2) is 21.8 Å². The predicted molar refractivity (Wildman–Crippen MR) is 102 cm³/mol. The Morgan fingerprint density at radius 1 is 1.44 bits per heavy atom. The van der Waals surface area contributed by atoms with Crippen molar-refractivity contribution in [3.63, 3.8) is 0 Å². The first-order valence-corrected chi connectivity index (χ1v) is 11.1. The van der Waals surface area contributed by atoms with Gasteiger partial charge < -0.3 is 16.0 Å². The van der Waals surface area contributed by atoms with Gasteiger partial charge in [-0.3, -0.25) is 9.79 Å². The van der Waals surface area contributed by atoms with Gasteiger partial charge in [0, 0.05) is 32.6 Å². The molecule has 0 saturated carbocycles. The number of carbonyl (C=O) groups excluding carboxylic acids is 1. The Morgan fingerprint density at radius 2 is 2.24 bits per heavy atom. The van der Waals surface area contributed by atoms with Gasteiger partial charge in [-0.05, 0) is 34.7 Å². The van der Waals surface area contributed by atoms with Gasteiger partial charge in [0.1, 0.15) is 0 Å². The smallest absolute Gasteiger partial charge is 0.222 e. The monoisotopic (exact) mass is 386 g/mol. The van der Waals surface area contributed by atoms with Gasteiger partial charge in [-0.15, -0.1) is 0 Å². The van der Waals surface area contributed by atoms with Crippen LogP contribution in [-0.2, 0) is 14.6 Å². The van der Waals surface area contributed by atoms with E-state index < -0.39 is 9.84 Å². The average molecular weight is 387 g/mol. The molecular weight excluding hydrogens is 360 g/mol. The van der Waals surface area contributed by atoms with Gasteiger partial charge in [-0.25, -0.2) is 8.42 Å². The van der Waals surface area contributed by atoms with E-state index >= 15 is 0 Å². The van der Waals surface area contributed by atoms with Gasteiger partial charge in [0.15, 0.2) is 15.8 Å². The molecule has 1 saturated heterocycles. The molecule has 2 rings (SSSR count). The average Bonchev–Trinajstić information content (AvgIpc) is 3.20. The van der Waals surface area contributed by atoms with E-state index in [9.17, 15) is 13.2 Å². The molecule has 0 aromatic carbocycles. The van der Waals surface area contributed by atoms with Gasteiger partial charge in [-0.2, -0.15) is 11.3 Å². The van der Waals surface area contributed by atoms with E-state index in [0.717, 1.165) is 6.54 Å². The van der Waals surface area contributed by atoms with Crippen LogP contribution >= 0.6 is 11.3 Å². The summed E-state index contributed by atoms with van der Waals surface area (Å²) in [5, 5.41) is 13.3. The van der Waals surface area contributed by atoms with E-state index in [-0.39, 0.29) is 29.9 Å². The number of nitrogens with zero attached hydrogens (tertiary/aromatic N) is 1. The number of carbonyl (C=O) groups is 1. The van der Waals surface area contributed by atoms with Crippen LogP contribution in [0.25, 0.3) is 0 Å². The molecular formula is C16H26N4O3S2. The molecule has 2 atom stereocenters. The van der Waals surface area contributed by atoms with Crippen LogP contribution in [0.3, 0.4) is 0 Å². The third-order valence-electron chi connectivity index (χ3n) is 4.15. The van der Waals surface area contributed by atoms with Crippen molar-refractivity contribution in [1.82, 2.24) is 16.0 Å². The van der Waals surface area contributed by atoms with E-state index in [0.29, 0.717) is 24.8 Å². The summed E-state index contributed by atoms with van der Waals surface area (Å²) in [6, 6.07) is 1.86. The highest BCUT2D eigenvalue weighted by molar-refractivity contribution is 7.91. The van der Waals surface area contributed by atoms with Crippen molar-refractivity contribution in [1.29, 1.82) is 0 Å². The van der Waals surface area contributed by atoms with Crippen LogP contribution in [-0.4, -0.2) is 58.0 Å². The fraction of sp³-hybridized carbons (Fsp3) is 0.625. The molecule has 1 aliphatic heterocycles. The first-order valence-electron chi connectivity index (χ1n) is 8.36. The lowest BCUT2D eigenvalue weighted by Gasteiger charge is -2.16. The zero-order valence-corrected chi connectivity index (χ0v) is 16.3. The third kappa shape index (κ3) is 6.66. The van der Waals surface area contributed by atoms with Crippen molar-refractivity contribution < 1.29 is 13.2 Å². The molecule has 1 aromatic rings. The van der Waals surface area contributed by atoms with Crippen molar-refractivity contribution in [3.05, 3.63) is 22.4 Å². The summed E-state index contributed by atoms with van der Waals surface area (Å²) in [5.74, 6) is 1.10. The number of hydrogen-bond acceptors (Lipinski definition) is 5. The number of hydrogen-bond donors (Lipinski definition) is 3. The summed E-state index contributed by atoms with van der Waals surface area (Å²) in [4.78, 5) is 16.0. The summed E-state index contributed by atoms with van der Waals surface area (Å²) < 4.78 is 22.8. The maximum absolute atomic E-state index is 11.9. The highest BCUT2D eigenvalue weighted by Gasteiger charge is 2.28. The molecule has 140 valence electrons. The minimum atomic E-state index is -2.97. The second kappa shape index (κ2) is 9.19. The molecule has 25 heavy (non-hydrogen) atoms. The second-order valence-corrected chi connectivity index (χ2v) is 9.26. The van der Waals surface area contributed by atoms with Crippen molar-refractivity contribution in [2.75, 3.05) is 31.6 Å². The van der Waals surface area contributed by atoms with E-state index in [2.05, 4.69) is 44.7 Å². The van der Waals surface area contributed by atoms with E-state index in [1.165, 1.54) is 5.56 Å². The third-order valence-corrected chi connectivity index (χ3v) is 6.62. The normalized spacial score (nSPS) is 20.9. The summed E-state index contributed by atoms with van der Waals surface area (Å²) in [6.45, 7) is 3.34. The molecule has 1 aromatic heterocycles. The van der Waals surface area contributed by atoms with Crippen LogP contribution < -0.4 is 16.0 Å². The number of nitrogens with one attached hydrogen (secondary N) is 3. The van der Waals surface area contributed by atoms with Gasteiger partial charge in [-0.1, -0.05) is 6.92 Å². The minimum absolute atomic E-state index is 0.0515. The molecule has 0 spiro atoms. The molecule has 0 aliphatic carbocycles. The highest BCUT2D eigenvalue weighted by atomic mass is 32.2. The number of aliphatic imine (C=N–C) groups is 1. The van der Waals surface area contributed by atoms with Crippen molar-refractivity contribution >= 4 is 33.0 Å². The van der Waals surface area contributed by atoms with E-state index in [1.54, 1.807) is 18.4 Å². The Hall–Kier alpha value is -1.61. The number of guanidine groups is 1. The van der Waals surface area contributed by atoms with Crippen LogP contribution in [0, 0.1) is 0 Å². The van der Waals surface area contributed by atoms with Crippen molar-refractivity contribution in [2.45, 2.75) is 31.7 Å². The SMILES string of the molecule is CN=C(NCCC(=O)NC1CCS(=O)(=O)C1)NCC(C)c1ccsc1.